The molecule has 0 aliphatic rings. The van der Waals surface area contributed by atoms with Crippen molar-refractivity contribution < 1.29 is 8.42 Å². The molecule has 0 saturated carbocycles. The molecule has 6 heteroatoms. The summed E-state index contributed by atoms with van der Waals surface area (Å²) in [5.74, 6) is 0.487. The van der Waals surface area contributed by atoms with E-state index in [0.717, 1.165) is 11.3 Å². The van der Waals surface area contributed by atoms with Gasteiger partial charge in [0.25, 0.3) is 0 Å². The highest BCUT2D eigenvalue weighted by molar-refractivity contribution is 7.91. The monoisotopic (exact) mass is 259 g/mol. The highest BCUT2D eigenvalue weighted by atomic mass is 32.2. The summed E-state index contributed by atoms with van der Waals surface area (Å²) in [5, 5.41) is 7.27. The van der Waals surface area contributed by atoms with Gasteiger partial charge in [0.15, 0.2) is 9.84 Å². The second-order valence-electron chi connectivity index (χ2n) is 4.21. The molecule has 98 valence electrons. The molecule has 1 heterocycles. The van der Waals surface area contributed by atoms with E-state index in [4.69, 9.17) is 0 Å². The van der Waals surface area contributed by atoms with E-state index in [0.29, 0.717) is 19.5 Å². The van der Waals surface area contributed by atoms with E-state index >= 15 is 0 Å². The van der Waals surface area contributed by atoms with Crippen LogP contribution < -0.4 is 5.32 Å². The fourth-order valence-corrected chi connectivity index (χ4v) is 2.86. The average molecular weight is 259 g/mol. The quantitative estimate of drug-likeness (QED) is 0.730. The zero-order valence-electron chi connectivity index (χ0n) is 10.7. The molecule has 1 aromatic heterocycles. The Balaban J connectivity index is 2.32. The van der Waals surface area contributed by atoms with Crippen LogP contribution in [0.15, 0.2) is 6.20 Å². The van der Waals surface area contributed by atoms with Crippen molar-refractivity contribution in [3.05, 3.63) is 17.5 Å². The summed E-state index contributed by atoms with van der Waals surface area (Å²) in [4.78, 5) is 0. The van der Waals surface area contributed by atoms with Gasteiger partial charge in [-0.15, -0.1) is 0 Å². The molecule has 0 aliphatic carbocycles. The number of sulfone groups is 1. The molecular weight excluding hydrogens is 238 g/mol. The molecule has 0 amide bonds. The van der Waals surface area contributed by atoms with Crippen LogP contribution >= 0.6 is 0 Å². The lowest BCUT2D eigenvalue weighted by atomic mass is 10.2. The number of hydrogen-bond donors (Lipinski definition) is 1. The highest BCUT2D eigenvalue weighted by Gasteiger charge is 2.09. The van der Waals surface area contributed by atoms with Crippen LogP contribution in [0.3, 0.4) is 0 Å². The Morgan fingerprint density at radius 3 is 2.65 bits per heavy atom. The molecule has 1 rings (SSSR count). The van der Waals surface area contributed by atoms with Gasteiger partial charge in [0, 0.05) is 37.1 Å². The Morgan fingerprint density at radius 1 is 1.41 bits per heavy atom. The van der Waals surface area contributed by atoms with Gasteiger partial charge in [0.2, 0.25) is 0 Å². The number of hydrogen-bond acceptors (Lipinski definition) is 4. The molecule has 0 saturated heterocycles. The van der Waals surface area contributed by atoms with Crippen LogP contribution in [0.5, 0.6) is 0 Å². The van der Waals surface area contributed by atoms with Crippen LogP contribution in [-0.4, -0.2) is 36.2 Å². The SMILES string of the molecule is CCCS(=O)(=O)CCNCc1cnn(C)c1C. The van der Waals surface area contributed by atoms with Gasteiger partial charge in [0.05, 0.1) is 11.9 Å². The zero-order valence-corrected chi connectivity index (χ0v) is 11.5. The molecule has 1 N–H and O–H groups in total. The van der Waals surface area contributed by atoms with Gasteiger partial charge in [-0.05, 0) is 13.3 Å². The number of nitrogens with zero attached hydrogens (tertiary/aromatic N) is 2. The topological polar surface area (TPSA) is 64.0 Å². The highest BCUT2D eigenvalue weighted by Crippen LogP contribution is 2.04. The van der Waals surface area contributed by atoms with Gasteiger partial charge in [-0.2, -0.15) is 5.10 Å². The van der Waals surface area contributed by atoms with Crippen molar-refractivity contribution in [2.75, 3.05) is 18.1 Å². The van der Waals surface area contributed by atoms with E-state index < -0.39 is 9.84 Å². The zero-order chi connectivity index (χ0) is 12.9. The Labute approximate surface area is 103 Å². The Morgan fingerprint density at radius 2 is 2.12 bits per heavy atom. The lowest BCUT2D eigenvalue weighted by Gasteiger charge is -2.05. The molecule has 1 aromatic rings. The van der Waals surface area contributed by atoms with E-state index in [9.17, 15) is 8.42 Å². The smallest absolute Gasteiger partial charge is 0.151 e. The van der Waals surface area contributed by atoms with Gasteiger partial charge >= 0.3 is 0 Å². The molecule has 0 spiro atoms. The van der Waals surface area contributed by atoms with Crippen molar-refractivity contribution in [2.24, 2.45) is 7.05 Å². The number of nitrogens with one attached hydrogen (secondary N) is 1. The summed E-state index contributed by atoms with van der Waals surface area (Å²) in [7, 11) is -0.981. The first-order chi connectivity index (χ1) is 7.96. The lowest BCUT2D eigenvalue weighted by molar-refractivity contribution is 0.589. The van der Waals surface area contributed by atoms with E-state index in [1.54, 1.807) is 0 Å². The van der Waals surface area contributed by atoms with E-state index in [1.165, 1.54) is 0 Å². The van der Waals surface area contributed by atoms with Gasteiger partial charge in [0.1, 0.15) is 0 Å². The summed E-state index contributed by atoms with van der Waals surface area (Å²) < 4.78 is 24.7. The van der Waals surface area contributed by atoms with Crippen LogP contribution in [0.2, 0.25) is 0 Å². The third-order valence-electron chi connectivity index (χ3n) is 2.76. The third kappa shape index (κ3) is 4.47. The number of aromatic nitrogens is 2. The molecule has 0 aliphatic heterocycles. The Hall–Kier alpha value is -0.880. The van der Waals surface area contributed by atoms with Crippen molar-refractivity contribution in [2.45, 2.75) is 26.8 Å². The van der Waals surface area contributed by atoms with E-state index in [1.807, 2.05) is 31.8 Å². The summed E-state index contributed by atoms with van der Waals surface area (Å²) in [5.41, 5.74) is 2.22. The molecule has 0 unspecified atom stereocenters. The van der Waals surface area contributed by atoms with Crippen molar-refractivity contribution in [3.63, 3.8) is 0 Å². The van der Waals surface area contributed by atoms with E-state index in [2.05, 4.69) is 10.4 Å². The fraction of sp³-hybridized carbons (Fsp3) is 0.727. The molecule has 0 atom stereocenters. The van der Waals surface area contributed by atoms with Crippen molar-refractivity contribution in [3.8, 4) is 0 Å². The summed E-state index contributed by atoms with van der Waals surface area (Å²) >= 11 is 0. The molecule has 0 bridgehead atoms. The fourth-order valence-electron chi connectivity index (χ4n) is 1.58. The summed E-state index contributed by atoms with van der Waals surface area (Å²) in [6, 6.07) is 0. The predicted molar refractivity (Wildman–Crippen MR) is 68.6 cm³/mol. The molecule has 0 aromatic carbocycles. The second kappa shape index (κ2) is 6.16. The lowest BCUT2D eigenvalue weighted by Crippen LogP contribution is -2.24. The van der Waals surface area contributed by atoms with Gasteiger partial charge in [-0.1, -0.05) is 6.92 Å². The second-order valence-corrected chi connectivity index (χ2v) is 6.51. The van der Waals surface area contributed by atoms with Crippen LogP contribution in [0.1, 0.15) is 24.6 Å². The van der Waals surface area contributed by atoms with Gasteiger partial charge in [-0.25, -0.2) is 8.42 Å². The third-order valence-corrected chi connectivity index (χ3v) is 4.61. The first-order valence-corrected chi connectivity index (χ1v) is 7.67. The van der Waals surface area contributed by atoms with Crippen molar-refractivity contribution >= 4 is 9.84 Å². The first kappa shape index (κ1) is 14.2. The number of rotatable bonds is 7. The van der Waals surface area contributed by atoms with Crippen molar-refractivity contribution in [1.29, 1.82) is 0 Å². The molecular formula is C11H21N3O2S. The van der Waals surface area contributed by atoms with Crippen LogP contribution in [-0.2, 0) is 23.4 Å². The van der Waals surface area contributed by atoms with Gasteiger partial charge in [-0.3, -0.25) is 4.68 Å². The Kier molecular flexibility index (Phi) is 5.14. The molecule has 17 heavy (non-hydrogen) atoms. The first-order valence-electron chi connectivity index (χ1n) is 5.85. The number of aryl methyl sites for hydroxylation is 1. The van der Waals surface area contributed by atoms with E-state index in [-0.39, 0.29) is 11.5 Å². The minimum absolute atomic E-state index is 0.208. The van der Waals surface area contributed by atoms with Gasteiger partial charge < -0.3 is 5.32 Å². The average Bonchev–Trinajstić information content (AvgIpc) is 2.55. The Bertz CT molecular complexity index is 451. The normalized spacial score (nSPS) is 11.9. The van der Waals surface area contributed by atoms with Crippen LogP contribution in [0.25, 0.3) is 0 Å². The largest absolute Gasteiger partial charge is 0.312 e. The summed E-state index contributed by atoms with van der Waals surface area (Å²) in [6.07, 6.45) is 2.49. The molecule has 0 fully saturated rings. The molecule has 5 nitrogen and oxygen atoms in total. The summed E-state index contributed by atoms with van der Waals surface area (Å²) in [6.45, 7) is 5.04. The predicted octanol–water partition coefficient (Wildman–Crippen LogP) is 0.643. The van der Waals surface area contributed by atoms with Crippen molar-refractivity contribution in [1.82, 2.24) is 15.1 Å². The molecule has 0 radical (unpaired) electrons. The maximum atomic E-state index is 11.5. The minimum atomic E-state index is -2.87. The van der Waals surface area contributed by atoms with Crippen LogP contribution in [0, 0.1) is 6.92 Å². The maximum Gasteiger partial charge on any atom is 0.151 e. The standard InChI is InChI=1S/C11H21N3O2S/c1-4-6-17(15,16)7-5-12-8-11-9-13-14(3)10(11)2/h9,12H,4-8H2,1-3H3. The maximum absolute atomic E-state index is 11.5. The minimum Gasteiger partial charge on any atom is -0.312 e. The van der Waals surface area contributed by atoms with Crippen LogP contribution in [0.4, 0.5) is 0 Å².